The summed E-state index contributed by atoms with van der Waals surface area (Å²) >= 11 is 0. The maximum absolute atomic E-state index is 11.4. The van der Waals surface area contributed by atoms with E-state index < -0.39 is 0 Å². The zero-order valence-corrected chi connectivity index (χ0v) is 11.8. The Labute approximate surface area is 124 Å². The van der Waals surface area contributed by atoms with Crippen molar-refractivity contribution in [3.63, 3.8) is 0 Å². The molecule has 21 heavy (non-hydrogen) atoms. The van der Waals surface area contributed by atoms with E-state index in [-0.39, 0.29) is 12.4 Å². The van der Waals surface area contributed by atoms with Crippen molar-refractivity contribution < 1.29 is 9.53 Å². The summed E-state index contributed by atoms with van der Waals surface area (Å²) < 4.78 is 5.40. The molecular weight excluding hydrogens is 262 g/mol. The molecule has 0 unspecified atom stereocenters. The van der Waals surface area contributed by atoms with Gasteiger partial charge >= 0.3 is 0 Å². The molecule has 0 amide bonds. The molecule has 2 aromatic rings. The normalized spacial score (nSPS) is 9.71. The Hall–Kier alpha value is -2.86. The standard InChI is InChI=1S/C18H15NO2/c1-13(2)18(20)12-21-17-9-7-16(8-10-17)15-5-3-14(11-19)4-6-15/h3-10H,1,12H2,2H3. The highest BCUT2D eigenvalue weighted by Gasteiger charge is 2.04. The minimum Gasteiger partial charge on any atom is -0.485 e. The van der Waals surface area contributed by atoms with Crippen LogP contribution in [-0.2, 0) is 4.79 Å². The number of benzene rings is 2. The molecule has 0 saturated heterocycles. The quantitative estimate of drug-likeness (QED) is 0.782. The largest absolute Gasteiger partial charge is 0.485 e. The molecule has 0 fully saturated rings. The molecule has 3 nitrogen and oxygen atoms in total. The van der Waals surface area contributed by atoms with Crippen LogP contribution in [0.15, 0.2) is 60.7 Å². The van der Waals surface area contributed by atoms with Crippen LogP contribution in [0.25, 0.3) is 11.1 Å². The first-order valence-corrected chi connectivity index (χ1v) is 6.52. The summed E-state index contributed by atoms with van der Waals surface area (Å²) in [5, 5.41) is 8.78. The number of carbonyl (C=O) groups is 1. The maximum atomic E-state index is 11.4. The Bertz CT molecular complexity index is 691. The highest BCUT2D eigenvalue weighted by molar-refractivity contribution is 5.95. The van der Waals surface area contributed by atoms with Gasteiger partial charge in [-0.15, -0.1) is 0 Å². The molecule has 0 radical (unpaired) electrons. The summed E-state index contributed by atoms with van der Waals surface area (Å²) in [5.41, 5.74) is 3.18. The molecule has 0 aliphatic heterocycles. The average molecular weight is 277 g/mol. The molecule has 0 atom stereocenters. The van der Waals surface area contributed by atoms with Crippen LogP contribution in [0.1, 0.15) is 12.5 Å². The van der Waals surface area contributed by atoms with E-state index in [2.05, 4.69) is 12.6 Å². The predicted molar refractivity (Wildman–Crippen MR) is 81.9 cm³/mol. The molecular formula is C18H15NO2. The number of rotatable bonds is 5. The van der Waals surface area contributed by atoms with E-state index >= 15 is 0 Å². The molecule has 0 N–H and O–H groups in total. The van der Waals surface area contributed by atoms with E-state index in [4.69, 9.17) is 10.00 Å². The SMILES string of the molecule is C=C(C)C(=O)COc1ccc(-c2ccc(C#N)cc2)cc1. The number of Topliss-reactive ketones (excluding diaryl/α,β-unsaturated/α-hetero) is 1. The number of nitrogens with zero attached hydrogens (tertiary/aromatic N) is 1. The molecule has 0 aliphatic rings. The molecule has 0 aromatic heterocycles. The van der Waals surface area contributed by atoms with Crippen LogP contribution in [0.4, 0.5) is 0 Å². The second-order valence-electron chi connectivity index (χ2n) is 4.71. The highest BCUT2D eigenvalue weighted by Crippen LogP contribution is 2.22. The van der Waals surface area contributed by atoms with E-state index in [1.54, 1.807) is 19.1 Å². The fourth-order valence-electron chi connectivity index (χ4n) is 1.75. The third-order valence-corrected chi connectivity index (χ3v) is 3.05. The Morgan fingerprint density at radius 3 is 2.10 bits per heavy atom. The molecule has 0 saturated carbocycles. The van der Waals surface area contributed by atoms with E-state index in [0.29, 0.717) is 16.9 Å². The monoisotopic (exact) mass is 277 g/mol. The van der Waals surface area contributed by atoms with Gasteiger partial charge in [0.15, 0.2) is 12.4 Å². The number of hydrogen-bond acceptors (Lipinski definition) is 3. The van der Waals surface area contributed by atoms with Crippen LogP contribution in [0.3, 0.4) is 0 Å². The van der Waals surface area contributed by atoms with Gasteiger partial charge in [0.1, 0.15) is 5.75 Å². The lowest BCUT2D eigenvalue weighted by Gasteiger charge is -2.07. The Morgan fingerprint density at radius 2 is 1.62 bits per heavy atom. The minimum atomic E-state index is -0.105. The van der Waals surface area contributed by atoms with Gasteiger partial charge in [-0.1, -0.05) is 30.8 Å². The third kappa shape index (κ3) is 3.80. The first-order chi connectivity index (χ1) is 10.1. The smallest absolute Gasteiger partial charge is 0.195 e. The van der Waals surface area contributed by atoms with Gasteiger partial charge in [-0.05, 0) is 47.9 Å². The van der Waals surface area contributed by atoms with Crippen LogP contribution < -0.4 is 4.74 Å². The number of ketones is 1. The van der Waals surface area contributed by atoms with Crippen molar-refractivity contribution in [1.29, 1.82) is 5.26 Å². The zero-order chi connectivity index (χ0) is 15.2. The van der Waals surface area contributed by atoms with Crippen molar-refractivity contribution in [2.75, 3.05) is 6.61 Å². The van der Waals surface area contributed by atoms with E-state index in [1.165, 1.54) is 0 Å². The third-order valence-electron chi connectivity index (χ3n) is 3.05. The predicted octanol–water partition coefficient (Wildman–Crippen LogP) is 3.75. The van der Waals surface area contributed by atoms with Gasteiger partial charge in [0.25, 0.3) is 0 Å². The molecule has 104 valence electrons. The van der Waals surface area contributed by atoms with Crippen molar-refractivity contribution in [1.82, 2.24) is 0 Å². The van der Waals surface area contributed by atoms with Crippen molar-refractivity contribution in [2.45, 2.75) is 6.92 Å². The molecule has 3 heteroatoms. The Morgan fingerprint density at radius 1 is 1.10 bits per heavy atom. The van der Waals surface area contributed by atoms with Gasteiger partial charge in [-0.3, -0.25) is 4.79 Å². The Balaban J connectivity index is 2.06. The fourth-order valence-corrected chi connectivity index (χ4v) is 1.75. The molecule has 0 spiro atoms. The second kappa shape index (κ2) is 6.53. The number of hydrogen-bond donors (Lipinski definition) is 0. The van der Waals surface area contributed by atoms with E-state index in [9.17, 15) is 4.79 Å². The summed E-state index contributed by atoms with van der Waals surface area (Å²) in [5.74, 6) is 0.535. The fraction of sp³-hybridized carbons (Fsp3) is 0.111. The first kappa shape index (κ1) is 14.5. The molecule has 0 heterocycles. The zero-order valence-electron chi connectivity index (χ0n) is 11.8. The summed E-state index contributed by atoms with van der Waals surface area (Å²) in [6.07, 6.45) is 0. The molecule has 0 aliphatic carbocycles. The first-order valence-electron chi connectivity index (χ1n) is 6.52. The molecule has 0 bridgehead atoms. The van der Waals surface area contributed by atoms with Gasteiger partial charge in [0.2, 0.25) is 0 Å². The minimum absolute atomic E-state index is 0.00550. The lowest BCUT2D eigenvalue weighted by atomic mass is 10.0. The van der Waals surface area contributed by atoms with Gasteiger partial charge in [0, 0.05) is 0 Å². The van der Waals surface area contributed by atoms with E-state index in [1.807, 2.05) is 36.4 Å². The Kier molecular flexibility index (Phi) is 4.53. The molecule has 2 rings (SSSR count). The van der Waals surface area contributed by atoms with Crippen molar-refractivity contribution >= 4 is 5.78 Å². The number of ether oxygens (including phenoxy) is 1. The van der Waals surface area contributed by atoms with E-state index in [0.717, 1.165) is 11.1 Å². The van der Waals surface area contributed by atoms with Crippen LogP contribution in [0.5, 0.6) is 5.75 Å². The molecule has 2 aromatic carbocycles. The summed E-state index contributed by atoms with van der Waals surface area (Å²) in [6.45, 7) is 5.25. The van der Waals surface area contributed by atoms with Crippen molar-refractivity contribution in [3.8, 4) is 22.9 Å². The summed E-state index contributed by atoms with van der Waals surface area (Å²) in [4.78, 5) is 11.4. The number of nitriles is 1. The second-order valence-corrected chi connectivity index (χ2v) is 4.71. The topological polar surface area (TPSA) is 50.1 Å². The van der Waals surface area contributed by atoms with Crippen LogP contribution >= 0.6 is 0 Å². The van der Waals surface area contributed by atoms with Crippen LogP contribution in [0, 0.1) is 11.3 Å². The van der Waals surface area contributed by atoms with Gasteiger partial charge in [0.05, 0.1) is 11.6 Å². The summed E-state index contributed by atoms with van der Waals surface area (Å²) in [7, 11) is 0. The average Bonchev–Trinajstić information content (AvgIpc) is 2.53. The van der Waals surface area contributed by atoms with Gasteiger partial charge < -0.3 is 4.74 Å². The highest BCUT2D eigenvalue weighted by atomic mass is 16.5. The summed E-state index contributed by atoms with van der Waals surface area (Å²) in [6, 6.07) is 16.9. The number of carbonyl (C=O) groups excluding carboxylic acids is 1. The maximum Gasteiger partial charge on any atom is 0.195 e. The van der Waals surface area contributed by atoms with Gasteiger partial charge in [-0.25, -0.2) is 0 Å². The van der Waals surface area contributed by atoms with Crippen molar-refractivity contribution in [2.24, 2.45) is 0 Å². The lowest BCUT2D eigenvalue weighted by molar-refractivity contribution is -0.117. The van der Waals surface area contributed by atoms with Crippen LogP contribution in [-0.4, -0.2) is 12.4 Å². The lowest BCUT2D eigenvalue weighted by Crippen LogP contribution is -2.11. The van der Waals surface area contributed by atoms with Gasteiger partial charge in [-0.2, -0.15) is 5.26 Å². The van der Waals surface area contributed by atoms with Crippen molar-refractivity contribution in [3.05, 3.63) is 66.2 Å². The van der Waals surface area contributed by atoms with Crippen LogP contribution in [0.2, 0.25) is 0 Å².